The minimum atomic E-state index is -0.472. The van der Waals surface area contributed by atoms with E-state index in [4.69, 9.17) is 32.7 Å². The second kappa shape index (κ2) is 4.91. The number of rotatable bonds is 1. The summed E-state index contributed by atoms with van der Waals surface area (Å²) in [6.45, 7) is 0.960. The highest BCUT2D eigenvalue weighted by molar-refractivity contribution is 6.39. The summed E-state index contributed by atoms with van der Waals surface area (Å²) in [7, 11) is 0. The van der Waals surface area contributed by atoms with Gasteiger partial charge in [-0.1, -0.05) is 35.3 Å². The molecule has 1 aliphatic rings. The highest BCUT2D eigenvalue weighted by Crippen LogP contribution is 2.45. The van der Waals surface area contributed by atoms with E-state index in [-0.39, 0.29) is 10.0 Å². The van der Waals surface area contributed by atoms with Gasteiger partial charge in [-0.05, 0) is 18.2 Å². The first kappa shape index (κ1) is 12.6. The smallest absolute Gasteiger partial charge is 0.169 e. The molecule has 5 heteroatoms. The van der Waals surface area contributed by atoms with Crippen molar-refractivity contribution in [2.75, 3.05) is 13.2 Å². The molecule has 0 atom stereocenters. The highest BCUT2D eigenvalue weighted by atomic mass is 35.5. The molecule has 19 heavy (non-hydrogen) atoms. The Labute approximate surface area is 119 Å². The quantitative estimate of drug-likeness (QED) is 0.768. The van der Waals surface area contributed by atoms with Gasteiger partial charge >= 0.3 is 0 Å². The molecule has 0 radical (unpaired) electrons. The van der Waals surface area contributed by atoms with Crippen molar-refractivity contribution in [1.82, 2.24) is 0 Å². The van der Waals surface area contributed by atoms with E-state index >= 15 is 0 Å². The summed E-state index contributed by atoms with van der Waals surface area (Å²) in [4.78, 5) is 0. The summed E-state index contributed by atoms with van der Waals surface area (Å²) < 4.78 is 24.4. The van der Waals surface area contributed by atoms with Gasteiger partial charge in [0.1, 0.15) is 19.0 Å². The van der Waals surface area contributed by atoms with Gasteiger partial charge in [0.15, 0.2) is 11.5 Å². The van der Waals surface area contributed by atoms with Crippen LogP contribution in [0.25, 0.3) is 11.1 Å². The Morgan fingerprint density at radius 3 is 2.42 bits per heavy atom. The third-order valence-corrected chi connectivity index (χ3v) is 3.44. The van der Waals surface area contributed by atoms with Gasteiger partial charge < -0.3 is 9.47 Å². The van der Waals surface area contributed by atoms with Gasteiger partial charge in [0, 0.05) is 11.1 Å². The molecule has 2 aromatic rings. The van der Waals surface area contributed by atoms with Crippen LogP contribution in [0.15, 0.2) is 30.3 Å². The molecule has 0 amide bonds. The number of ether oxygens (including phenoxy) is 2. The van der Waals surface area contributed by atoms with E-state index in [0.717, 1.165) is 0 Å². The molecule has 2 nitrogen and oxygen atoms in total. The van der Waals surface area contributed by atoms with Gasteiger partial charge in [-0.15, -0.1) is 0 Å². The van der Waals surface area contributed by atoms with Crippen LogP contribution in [0.4, 0.5) is 4.39 Å². The molecule has 0 unspecified atom stereocenters. The van der Waals surface area contributed by atoms with E-state index in [9.17, 15) is 4.39 Å². The predicted molar refractivity (Wildman–Crippen MR) is 72.8 cm³/mol. The number of benzene rings is 2. The number of hydrogen-bond donors (Lipinski definition) is 0. The molecule has 1 aliphatic heterocycles. The Morgan fingerprint density at radius 2 is 1.68 bits per heavy atom. The van der Waals surface area contributed by atoms with Crippen molar-refractivity contribution < 1.29 is 13.9 Å². The zero-order chi connectivity index (χ0) is 13.4. The fourth-order valence-corrected chi connectivity index (χ4v) is 2.73. The average Bonchev–Trinajstić information content (AvgIpc) is 2.38. The van der Waals surface area contributed by atoms with E-state index in [1.807, 2.05) is 18.2 Å². The largest absolute Gasteiger partial charge is 0.486 e. The maximum atomic E-state index is 13.2. The monoisotopic (exact) mass is 298 g/mol. The van der Waals surface area contributed by atoms with E-state index in [2.05, 4.69) is 0 Å². The lowest BCUT2D eigenvalue weighted by molar-refractivity contribution is 0.172. The lowest BCUT2D eigenvalue weighted by Gasteiger charge is -2.21. The maximum Gasteiger partial charge on any atom is 0.169 e. The third kappa shape index (κ3) is 2.24. The fraction of sp³-hybridized carbons (Fsp3) is 0.143. The van der Waals surface area contributed by atoms with Crippen LogP contribution in [0, 0.1) is 5.82 Å². The molecule has 0 aromatic heterocycles. The Morgan fingerprint density at radius 1 is 1.00 bits per heavy atom. The number of para-hydroxylation sites is 1. The van der Waals surface area contributed by atoms with Crippen LogP contribution >= 0.6 is 23.2 Å². The first-order chi connectivity index (χ1) is 9.16. The van der Waals surface area contributed by atoms with Gasteiger partial charge in [-0.25, -0.2) is 4.39 Å². The molecular weight excluding hydrogens is 290 g/mol. The van der Waals surface area contributed by atoms with Crippen LogP contribution in [0.1, 0.15) is 0 Å². The number of hydrogen-bond acceptors (Lipinski definition) is 2. The molecule has 0 saturated heterocycles. The van der Waals surface area contributed by atoms with Crippen LogP contribution in [0.5, 0.6) is 11.5 Å². The number of halogens is 3. The highest BCUT2D eigenvalue weighted by Gasteiger charge is 2.20. The van der Waals surface area contributed by atoms with Crippen molar-refractivity contribution >= 4 is 23.2 Å². The summed E-state index contributed by atoms with van der Waals surface area (Å²) in [5.41, 5.74) is 1.25. The summed E-state index contributed by atoms with van der Waals surface area (Å²) in [6, 6.07) is 7.90. The van der Waals surface area contributed by atoms with Crippen molar-refractivity contribution in [3.63, 3.8) is 0 Å². The SMILES string of the molecule is Fc1cc(Cl)c(-c2cccc3c2OCCO3)c(Cl)c1. The minimum absolute atomic E-state index is 0.243. The minimum Gasteiger partial charge on any atom is -0.486 e. The molecule has 0 N–H and O–H groups in total. The summed E-state index contributed by atoms with van der Waals surface area (Å²) in [5.74, 6) is 0.755. The van der Waals surface area contributed by atoms with Gasteiger partial charge in [0.2, 0.25) is 0 Å². The molecule has 0 bridgehead atoms. The Bertz CT molecular complexity index is 620. The molecule has 0 fully saturated rings. The summed E-state index contributed by atoms with van der Waals surface area (Å²) in [5, 5.41) is 0.486. The Balaban J connectivity index is 2.23. The van der Waals surface area contributed by atoms with E-state index < -0.39 is 5.82 Å². The van der Waals surface area contributed by atoms with Crippen molar-refractivity contribution in [1.29, 1.82) is 0 Å². The van der Waals surface area contributed by atoms with Crippen LogP contribution in [0.3, 0.4) is 0 Å². The van der Waals surface area contributed by atoms with E-state index in [1.54, 1.807) is 0 Å². The molecular formula is C14H9Cl2FO2. The van der Waals surface area contributed by atoms with Gasteiger partial charge in [0.25, 0.3) is 0 Å². The molecule has 1 heterocycles. The van der Waals surface area contributed by atoms with Crippen molar-refractivity contribution in [2.45, 2.75) is 0 Å². The zero-order valence-corrected chi connectivity index (χ0v) is 11.3. The Hall–Kier alpha value is -1.45. The predicted octanol–water partition coefficient (Wildman–Crippen LogP) is 4.57. The molecule has 98 valence electrons. The maximum absolute atomic E-state index is 13.2. The summed E-state index contributed by atoms with van der Waals surface area (Å²) >= 11 is 12.2. The van der Waals surface area contributed by atoms with Gasteiger partial charge in [-0.2, -0.15) is 0 Å². The van der Waals surface area contributed by atoms with Crippen LogP contribution in [-0.4, -0.2) is 13.2 Å². The van der Waals surface area contributed by atoms with Crippen LogP contribution in [-0.2, 0) is 0 Å². The molecule has 0 aliphatic carbocycles. The standard InChI is InChI=1S/C14H9Cl2FO2/c15-10-6-8(17)7-11(16)13(10)9-2-1-3-12-14(9)19-5-4-18-12/h1-3,6-7H,4-5H2. The second-order valence-corrected chi connectivity index (χ2v) is 4.89. The zero-order valence-electron chi connectivity index (χ0n) is 9.75. The van der Waals surface area contributed by atoms with Crippen molar-refractivity contribution in [3.8, 4) is 22.6 Å². The van der Waals surface area contributed by atoms with Gasteiger partial charge in [-0.3, -0.25) is 0 Å². The lowest BCUT2D eigenvalue weighted by atomic mass is 10.0. The molecule has 0 saturated carbocycles. The lowest BCUT2D eigenvalue weighted by Crippen LogP contribution is -2.15. The second-order valence-electron chi connectivity index (χ2n) is 4.07. The third-order valence-electron chi connectivity index (χ3n) is 2.84. The fourth-order valence-electron chi connectivity index (χ4n) is 2.07. The van der Waals surface area contributed by atoms with Crippen LogP contribution < -0.4 is 9.47 Å². The number of fused-ring (bicyclic) bond motifs is 1. The van der Waals surface area contributed by atoms with Crippen molar-refractivity contribution in [2.24, 2.45) is 0 Å². The van der Waals surface area contributed by atoms with Crippen LogP contribution in [0.2, 0.25) is 10.0 Å². The first-order valence-corrected chi connectivity index (χ1v) is 6.46. The van der Waals surface area contributed by atoms with Crippen molar-refractivity contribution in [3.05, 3.63) is 46.2 Å². The summed E-state index contributed by atoms with van der Waals surface area (Å²) in [6.07, 6.45) is 0. The van der Waals surface area contributed by atoms with Gasteiger partial charge in [0.05, 0.1) is 10.0 Å². The topological polar surface area (TPSA) is 18.5 Å². The molecule has 0 spiro atoms. The van der Waals surface area contributed by atoms with E-state index in [1.165, 1.54) is 12.1 Å². The Kier molecular flexibility index (Phi) is 3.25. The normalized spacial score (nSPS) is 13.4. The first-order valence-electron chi connectivity index (χ1n) is 5.70. The molecule has 2 aromatic carbocycles. The average molecular weight is 299 g/mol. The molecule has 3 rings (SSSR count). The van der Waals surface area contributed by atoms with E-state index in [0.29, 0.717) is 35.8 Å².